The van der Waals surface area contributed by atoms with E-state index in [1.54, 1.807) is 22.6 Å². The zero-order valence-electron chi connectivity index (χ0n) is 9.96. The van der Waals surface area contributed by atoms with E-state index in [0.717, 1.165) is 4.90 Å². The first kappa shape index (κ1) is 12.8. The van der Waals surface area contributed by atoms with Crippen LogP contribution >= 0.6 is 11.8 Å². The first-order chi connectivity index (χ1) is 7.89. The largest absolute Gasteiger partial charge is 0.383 e. The maximum absolute atomic E-state index is 11.4. The van der Waals surface area contributed by atoms with Gasteiger partial charge in [0.25, 0.3) is 0 Å². The number of sulfone groups is 1. The maximum Gasteiger partial charge on any atom is 0.152 e. The zero-order chi connectivity index (χ0) is 12.6. The van der Waals surface area contributed by atoms with Crippen molar-refractivity contribution in [1.29, 1.82) is 0 Å². The van der Waals surface area contributed by atoms with E-state index >= 15 is 0 Å². The van der Waals surface area contributed by atoms with E-state index in [4.69, 9.17) is 5.73 Å². The predicted molar refractivity (Wildman–Crippen MR) is 69.9 cm³/mol. The van der Waals surface area contributed by atoms with E-state index < -0.39 is 9.84 Å². The Morgan fingerprint density at radius 2 is 2.29 bits per heavy atom. The molecule has 96 valence electrons. The summed E-state index contributed by atoms with van der Waals surface area (Å²) in [4.78, 5) is 0.935. The minimum absolute atomic E-state index is 0.0958. The molecule has 2 rings (SSSR count). The predicted octanol–water partition coefficient (Wildman–Crippen LogP) is 1.33. The third-order valence-corrected chi connectivity index (χ3v) is 5.51. The van der Waals surface area contributed by atoms with E-state index in [-0.39, 0.29) is 17.5 Å². The molecule has 1 unspecified atom stereocenters. The summed E-state index contributed by atoms with van der Waals surface area (Å²) in [5.41, 5.74) is 6.00. The van der Waals surface area contributed by atoms with Gasteiger partial charge < -0.3 is 5.73 Å². The quantitative estimate of drug-likeness (QED) is 0.842. The van der Waals surface area contributed by atoms with Gasteiger partial charge in [-0.25, -0.2) is 13.1 Å². The molecule has 2 heterocycles. The lowest BCUT2D eigenvalue weighted by Crippen LogP contribution is -2.14. The summed E-state index contributed by atoms with van der Waals surface area (Å²) >= 11 is 1.65. The Bertz CT molecular complexity index is 508. The third-order valence-electron chi connectivity index (χ3n) is 2.72. The van der Waals surface area contributed by atoms with Gasteiger partial charge in [0.05, 0.1) is 28.6 Å². The molecule has 5 nitrogen and oxygen atoms in total. The van der Waals surface area contributed by atoms with Gasteiger partial charge in [0.2, 0.25) is 0 Å². The minimum Gasteiger partial charge on any atom is -0.383 e. The van der Waals surface area contributed by atoms with Crippen molar-refractivity contribution in [1.82, 2.24) is 9.78 Å². The molecule has 0 aliphatic carbocycles. The topological polar surface area (TPSA) is 78.0 Å². The van der Waals surface area contributed by atoms with E-state index in [2.05, 4.69) is 18.9 Å². The summed E-state index contributed by atoms with van der Waals surface area (Å²) in [6, 6.07) is -0.0958. The van der Waals surface area contributed by atoms with E-state index in [0.29, 0.717) is 17.5 Å². The Kier molecular flexibility index (Phi) is 3.40. The lowest BCUT2D eigenvalue weighted by atomic mass is 10.3. The van der Waals surface area contributed by atoms with Crippen LogP contribution in [0.3, 0.4) is 0 Å². The number of rotatable bonds is 3. The maximum atomic E-state index is 11.4. The lowest BCUT2D eigenvalue weighted by molar-refractivity contribution is 0.506. The van der Waals surface area contributed by atoms with Crippen LogP contribution in [0.25, 0.3) is 0 Å². The van der Waals surface area contributed by atoms with E-state index in [1.807, 2.05) is 0 Å². The Hall–Kier alpha value is -0.690. The first-order valence-corrected chi connectivity index (χ1v) is 8.29. The molecule has 1 fully saturated rings. The Labute approximate surface area is 106 Å². The fourth-order valence-electron chi connectivity index (χ4n) is 1.96. The minimum atomic E-state index is -2.90. The number of thioether (sulfide) groups is 1. The van der Waals surface area contributed by atoms with Gasteiger partial charge >= 0.3 is 0 Å². The van der Waals surface area contributed by atoms with Crippen LogP contribution in [-0.4, -0.2) is 35.0 Å². The van der Waals surface area contributed by atoms with Crippen LogP contribution in [0.2, 0.25) is 0 Å². The molecule has 1 aromatic rings. The summed E-state index contributed by atoms with van der Waals surface area (Å²) < 4.78 is 24.5. The zero-order valence-corrected chi connectivity index (χ0v) is 11.6. The van der Waals surface area contributed by atoms with Gasteiger partial charge in [-0.2, -0.15) is 5.10 Å². The molecule has 1 aromatic heterocycles. The molecule has 0 bridgehead atoms. The lowest BCUT2D eigenvalue weighted by Gasteiger charge is -2.11. The number of hydrogen-bond donors (Lipinski definition) is 1. The molecule has 0 radical (unpaired) electrons. The number of anilines is 1. The highest BCUT2D eigenvalue weighted by atomic mass is 32.2. The van der Waals surface area contributed by atoms with Gasteiger partial charge in [-0.3, -0.25) is 0 Å². The van der Waals surface area contributed by atoms with Crippen LogP contribution in [0.1, 0.15) is 26.3 Å². The van der Waals surface area contributed by atoms with Crippen molar-refractivity contribution in [2.75, 3.05) is 17.2 Å². The van der Waals surface area contributed by atoms with Crippen LogP contribution in [0.5, 0.6) is 0 Å². The monoisotopic (exact) mass is 275 g/mol. The van der Waals surface area contributed by atoms with E-state index in [9.17, 15) is 8.42 Å². The van der Waals surface area contributed by atoms with Crippen LogP contribution < -0.4 is 5.73 Å². The van der Waals surface area contributed by atoms with Crippen molar-refractivity contribution in [2.24, 2.45) is 0 Å². The molecule has 1 atom stereocenters. The van der Waals surface area contributed by atoms with Gasteiger partial charge in [-0.1, -0.05) is 13.8 Å². The molecule has 1 saturated heterocycles. The number of hydrogen-bond acceptors (Lipinski definition) is 5. The number of aromatic nitrogens is 2. The van der Waals surface area contributed by atoms with Crippen molar-refractivity contribution < 1.29 is 8.42 Å². The summed E-state index contributed by atoms with van der Waals surface area (Å²) in [5, 5.41) is 4.66. The highest BCUT2D eigenvalue weighted by Crippen LogP contribution is 2.32. The van der Waals surface area contributed by atoms with E-state index in [1.165, 1.54) is 0 Å². The SMILES string of the molecule is CC(C)Sc1cnn(C2CCS(=O)(=O)C2)c1N. The highest BCUT2D eigenvalue weighted by molar-refractivity contribution is 8.00. The fourth-order valence-corrected chi connectivity index (χ4v) is 4.48. The van der Waals surface area contributed by atoms with Gasteiger partial charge in [0.1, 0.15) is 5.82 Å². The molecular weight excluding hydrogens is 258 g/mol. The average molecular weight is 275 g/mol. The molecule has 1 aliphatic heterocycles. The second-order valence-electron chi connectivity index (χ2n) is 4.56. The summed E-state index contributed by atoms with van der Waals surface area (Å²) in [7, 11) is -2.90. The normalized spacial score (nSPS) is 23.4. The fraction of sp³-hybridized carbons (Fsp3) is 0.700. The van der Waals surface area contributed by atoms with Crippen molar-refractivity contribution in [3.05, 3.63) is 6.20 Å². The molecule has 0 aromatic carbocycles. The molecule has 0 spiro atoms. The Morgan fingerprint density at radius 1 is 1.59 bits per heavy atom. The molecule has 0 saturated carbocycles. The number of nitrogens with zero attached hydrogens (tertiary/aromatic N) is 2. The number of nitrogen functional groups attached to an aromatic ring is 1. The van der Waals surface area contributed by atoms with Gasteiger partial charge in [-0.15, -0.1) is 11.8 Å². The van der Waals surface area contributed by atoms with Crippen LogP contribution in [0.4, 0.5) is 5.82 Å². The molecule has 17 heavy (non-hydrogen) atoms. The molecule has 2 N–H and O–H groups in total. The molecular formula is C10H17N3O2S2. The van der Waals surface area contributed by atoms with Crippen molar-refractivity contribution in [3.8, 4) is 0 Å². The molecule has 0 amide bonds. The smallest absolute Gasteiger partial charge is 0.152 e. The van der Waals surface area contributed by atoms with Gasteiger partial charge in [0, 0.05) is 5.25 Å². The second kappa shape index (κ2) is 4.53. The summed E-state index contributed by atoms with van der Waals surface area (Å²) in [5.74, 6) is 0.986. The van der Waals surface area contributed by atoms with Crippen LogP contribution in [0.15, 0.2) is 11.1 Å². The second-order valence-corrected chi connectivity index (χ2v) is 8.41. The first-order valence-electron chi connectivity index (χ1n) is 5.59. The summed E-state index contributed by atoms with van der Waals surface area (Å²) in [6.45, 7) is 4.17. The van der Waals surface area contributed by atoms with Gasteiger partial charge in [0.15, 0.2) is 9.84 Å². The average Bonchev–Trinajstić information content (AvgIpc) is 2.71. The molecule has 1 aliphatic rings. The van der Waals surface area contributed by atoms with Crippen LogP contribution in [-0.2, 0) is 9.84 Å². The Morgan fingerprint density at radius 3 is 2.82 bits per heavy atom. The highest BCUT2D eigenvalue weighted by Gasteiger charge is 2.31. The number of nitrogens with two attached hydrogens (primary N) is 1. The third kappa shape index (κ3) is 2.77. The van der Waals surface area contributed by atoms with Crippen molar-refractivity contribution in [3.63, 3.8) is 0 Å². The van der Waals surface area contributed by atoms with Crippen molar-refractivity contribution in [2.45, 2.75) is 36.5 Å². The van der Waals surface area contributed by atoms with Gasteiger partial charge in [-0.05, 0) is 6.42 Å². The summed E-state index contributed by atoms with van der Waals surface area (Å²) in [6.07, 6.45) is 2.34. The van der Waals surface area contributed by atoms with Crippen molar-refractivity contribution >= 4 is 27.4 Å². The standard InChI is InChI=1S/C10H17N3O2S2/c1-7(2)16-9-5-12-13(10(9)11)8-3-4-17(14,15)6-8/h5,7-8H,3-4,6,11H2,1-2H3. The Balaban J connectivity index is 2.20. The van der Waals surface area contributed by atoms with Crippen LogP contribution in [0, 0.1) is 0 Å². The molecule has 7 heteroatoms.